The molecule has 0 aliphatic carbocycles. The highest BCUT2D eigenvalue weighted by Crippen LogP contribution is 2.37. The first-order valence-corrected chi connectivity index (χ1v) is 10.0. The molecule has 144 valence electrons. The van der Waals surface area contributed by atoms with E-state index < -0.39 is 0 Å². The van der Waals surface area contributed by atoms with Crippen LogP contribution >= 0.6 is 0 Å². The van der Waals surface area contributed by atoms with E-state index in [1.807, 2.05) is 0 Å². The Morgan fingerprint density at radius 1 is 1.00 bits per heavy atom. The average Bonchev–Trinajstić information content (AvgIpc) is 2.96. The second-order valence-electron chi connectivity index (χ2n) is 7.35. The molecule has 1 atom stereocenters. The fourth-order valence-electron chi connectivity index (χ4n) is 3.84. The average molecular weight is 365 g/mol. The van der Waals surface area contributed by atoms with E-state index in [0.29, 0.717) is 0 Å². The molecule has 2 aromatic carbocycles. The first kappa shape index (κ1) is 19.5. The minimum absolute atomic E-state index is 0.0366. The zero-order valence-corrected chi connectivity index (χ0v) is 17.3. The van der Waals surface area contributed by atoms with Gasteiger partial charge in [0.2, 0.25) is 0 Å². The Morgan fingerprint density at radius 3 is 2.33 bits per heavy atom. The fraction of sp³-hybridized carbons (Fsp3) is 0.417. The molecule has 0 bridgehead atoms. The molecule has 3 heteroatoms. The lowest BCUT2D eigenvalue weighted by Crippen LogP contribution is -2.11. The summed E-state index contributed by atoms with van der Waals surface area (Å²) < 4.78 is 8.87. The molecule has 0 aliphatic rings. The molecule has 0 amide bonds. The Bertz CT molecular complexity index is 877. The van der Waals surface area contributed by atoms with E-state index in [2.05, 4.69) is 92.9 Å². The van der Waals surface area contributed by atoms with E-state index >= 15 is 0 Å². The van der Waals surface area contributed by atoms with Crippen LogP contribution in [-0.4, -0.2) is 25.3 Å². The van der Waals surface area contributed by atoms with Crippen LogP contribution in [-0.2, 0) is 11.3 Å². The number of hydrogen-bond donors (Lipinski definition) is 0. The van der Waals surface area contributed by atoms with Crippen molar-refractivity contribution < 1.29 is 4.74 Å². The Balaban J connectivity index is 2.11. The van der Waals surface area contributed by atoms with Gasteiger partial charge in [-0.3, -0.25) is 0 Å². The number of para-hydroxylation sites is 1. The highest BCUT2D eigenvalue weighted by Gasteiger charge is 2.23. The number of ether oxygens (including phenoxy) is 1. The number of rotatable bonds is 8. The molecule has 1 heterocycles. The summed E-state index contributed by atoms with van der Waals surface area (Å²) in [7, 11) is 4.15. The fourth-order valence-corrected chi connectivity index (χ4v) is 3.84. The summed E-state index contributed by atoms with van der Waals surface area (Å²) in [5.41, 5.74) is 6.33. The zero-order valence-electron chi connectivity index (χ0n) is 17.3. The lowest BCUT2D eigenvalue weighted by molar-refractivity contribution is 0.0782. The van der Waals surface area contributed by atoms with E-state index in [4.69, 9.17) is 4.74 Å². The minimum atomic E-state index is -0.0366. The molecule has 3 aromatic rings. The number of aryl methyl sites for hydroxylation is 1. The molecule has 0 fully saturated rings. The third kappa shape index (κ3) is 3.89. The quantitative estimate of drug-likeness (QED) is 0.460. The number of benzene rings is 2. The Labute approximate surface area is 163 Å². The summed E-state index contributed by atoms with van der Waals surface area (Å²) in [5.74, 6) is 0. The van der Waals surface area contributed by atoms with Gasteiger partial charge in [0.1, 0.15) is 6.10 Å². The summed E-state index contributed by atoms with van der Waals surface area (Å²) >= 11 is 0. The molecule has 0 saturated carbocycles. The normalized spacial score (nSPS) is 12.5. The van der Waals surface area contributed by atoms with Crippen molar-refractivity contribution in [2.75, 3.05) is 25.6 Å². The van der Waals surface area contributed by atoms with Crippen molar-refractivity contribution in [3.05, 3.63) is 65.4 Å². The van der Waals surface area contributed by atoms with Crippen LogP contribution in [0.5, 0.6) is 0 Å². The number of fused-ring (bicyclic) bond motifs is 1. The molecular weight excluding hydrogens is 332 g/mol. The van der Waals surface area contributed by atoms with Gasteiger partial charge < -0.3 is 14.2 Å². The first-order chi connectivity index (χ1) is 13.1. The van der Waals surface area contributed by atoms with E-state index in [9.17, 15) is 0 Å². The van der Waals surface area contributed by atoms with Gasteiger partial charge in [-0.25, -0.2) is 0 Å². The van der Waals surface area contributed by atoms with Crippen molar-refractivity contribution in [2.24, 2.45) is 0 Å². The molecule has 3 nitrogen and oxygen atoms in total. The molecule has 3 rings (SSSR count). The van der Waals surface area contributed by atoms with E-state index in [-0.39, 0.29) is 6.10 Å². The highest BCUT2D eigenvalue weighted by atomic mass is 16.5. The second kappa shape index (κ2) is 8.62. The highest BCUT2D eigenvalue weighted by molar-refractivity contribution is 5.86. The predicted molar refractivity (Wildman–Crippen MR) is 116 cm³/mol. The van der Waals surface area contributed by atoms with Crippen LogP contribution in [0.25, 0.3) is 10.9 Å². The minimum Gasteiger partial charge on any atom is -0.378 e. The maximum Gasteiger partial charge on any atom is 0.110 e. The summed E-state index contributed by atoms with van der Waals surface area (Å²) in [6, 6.07) is 17.5. The number of hydrogen-bond acceptors (Lipinski definition) is 2. The SMILES string of the molecule is CCCCOC(c1ccc(N(C)C)cc1)c1c(C)n(CC)c2ccccc12. The van der Waals surface area contributed by atoms with Gasteiger partial charge in [-0.15, -0.1) is 0 Å². The van der Waals surface area contributed by atoms with Crippen LogP contribution in [0.1, 0.15) is 49.6 Å². The lowest BCUT2D eigenvalue weighted by atomic mass is 9.98. The number of nitrogens with zero attached hydrogens (tertiary/aromatic N) is 2. The van der Waals surface area contributed by atoms with E-state index in [1.54, 1.807) is 0 Å². The van der Waals surface area contributed by atoms with Gasteiger partial charge in [-0.2, -0.15) is 0 Å². The second-order valence-corrected chi connectivity index (χ2v) is 7.35. The third-order valence-corrected chi connectivity index (χ3v) is 5.35. The molecule has 0 aliphatic heterocycles. The maximum atomic E-state index is 6.47. The van der Waals surface area contributed by atoms with E-state index in [1.165, 1.54) is 33.4 Å². The van der Waals surface area contributed by atoms with Crippen LogP contribution in [0.4, 0.5) is 5.69 Å². The van der Waals surface area contributed by atoms with Crippen LogP contribution in [0.15, 0.2) is 48.5 Å². The van der Waals surface area contributed by atoms with Crippen molar-refractivity contribution >= 4 is 16.6 Å². The molecule has 1 aromatic heterocycles. The summed E-state index contributed by atoms with van der Waals surface area (Å²) in [6.07, 6.45) is 2.19. The summed E-state index contributed by atoms with van der Waals surface area (Å²) in [4.78, 5) is 2.13. The van der Waals surface area contributed by atoms with Crippen molar-refractivity contribution in [2.45, 2.75) is 46.3 Å². The predicted octanol–water partition coefficient (Wildman–Crippen LogP) is 5.94. The molecule has 27 heavy (non-hydrogen) atoms. The summed E-state index contributed by atoms with van der Waals surface area (Å²) in [6.45, 7) is 8.39. The van der Waals surface area contributed by atoms with Crippen molar-refractivity contribution in [3.8, 4) is 0 Å². The molecule has 1 unspecified atom stereocenters. The van der Waals surface area contributed by atoms with Crippen LogP contribution in [0, 0.1) is 6.92 Å². The molecule has 0 saturated heterocycles. The van der Waals surface area contributed by atoms with Gasteiger partial charge in [-0.05, 0) is 44.0 Å². The number of unbranched alkanes of at least 4 members (excludes halogenated alkanes) is 1. The zero-order chi connectivity index (χ0) is 19.4. The monoisotopic (exact) mass is 364 g/mol. The van der Waals surface area contributed by atoms with Crippen LogP contribution in [0.2, 0.25) is 0 Å². The van der Waals surface area contributed by atoms with E-state index in [0.717, 1.165) is 26.0 Å². The van der Waals surface area contributed by atoms with Gasteiger partial charge >= 0.3 is 0 Å². The molecular formula is C24H32N2O. The molecule has 0 spiro atoms. The van der Waals surface area contributed by atoms with Gasteiger partial charge in [-0.1, -0.05) is 43.7 Å². The first-order valence-electron chi connectivity index (χ1n) is 10.0. The Hall–Kier alpha value is -2.26. The van der Waals surface area contributed by atoms with Crippen molar-refractivity contribution in [1.29, 1.82) is 0 Å². The van der Waals surface area contributed by atoms with Gasteiger partial charge in [0.15, 0.2) is 0 Å². The summed E-state index contributed by atoms with van der Waals surface area (Å²) in [5, 5.41) is 1.30. The standard InChI is InChI=1S/C24H32N2O/c1-6-8-17-27-24(19-13-15-20(16-14-19)25(4)5)23-18(3)26(7-2)22-12-10-9-11-21(22)23/h9-16,24H,6-8,17H2,1-5H3. The molecule has 0 radical (unpaired) electrons. The van der Waals surface area contributed by atoms with Crippen LogP contribution in [0.3, 0.4) is 0 Å². The smallest absolute Gasteiger partial charge is 0.110 e. The van der Waals surface area contributed by atoms with Gasteiger partial charge in [0, 0.05) is 55.1 Å². The Morgan fingerprint density at radius 2 is 1.70 bits per heavy atom. The van der Waals surface area contributed by atoms with Gasteiger partial charge in [0.25, 0.3) is 0 Å². The lowest BCUT2D eigenvalue weighted by Gasteiger charge is -2.21. The number of anilines is 1. The number of aromatic nitrogens is 1. The largest absolute Gasteiger partial charge is 0.378 e. The third-order valence-electron chi connectivity index (χ3n) is 5.35. The van der Waals surface area contributed by atoms with Gasteiger partial charge in [0.05, 0.1) is 0 Å². The van der Waals surface area contributed by atoms with Crippen molar-refractivity contribution in [3.63, 3.8) is 0 Å². The maximum absolute atomic E-state index is 6.47. The molecule has 0 N–H and O–H groups in total. The van der Waals surface area contributed by atoms with Crippen molar-refractivity contribution in [1.82, 2.24) is 4.57 Å². The Kier molecular flexibility index (Phi) is 6.22. The topological polar surface area (TPSA) is 17.4 Å². The van der Waals surface area contributed by atoms with Crippen LogP contribution < -0.4 is 4.90 Å².